The van der Waals surface area contributed by atoms with E-state index in [4.69, 9.17) is 0 Å². The summed E-state index contributed by atoms with van der Waals surface area (Å²) < 4.78 is 1.11. The quantitative estimate of drug-likeness (QED) is 0.722. The lowest BCUT2D eigenvalue weighted by atomic mass is 10.2. The molecule has 0 saturated carbocycles. The summed E-state index contributed by atoms with van der Waals surface area (Å²) >= 11 is 3.58. The lowest BCUT2D eigenvalue weighted by Crippen LogP contribution is -2.26. The third-order valence-electron chi connectivity index (χ3n) is 2.11. The number of anilines is 1. The highest BCUT2D eigenvalue weighted by Crippen LogP contribution is 2.26. The summed E-state index contributed by atoms with van der Waals surface area (Å²) in [6.45, 7) is 13.7. The maximum absolute atomic E-state index is 3.97. The van der Waals surface area contributed by atoms with Crippen molar-refractivity contribution in [1.29, 1.82) is 0 Å². The van der Waals surface area contributed by atoms with Gasteiger partial charge in [0.15, 0.2) is 0 Å². The molecular formula is C14H18BrN. The maximum Gasteiger partial charge on any atom is 0.0516 e. The highest BCUT2D eigenvalue weighted by molar-refractivity contribution is 9.10. The number of benzene rings is 1. The third kappa shape index (κ3) is 3.86. The van der Waals surface area contributed by atoms with Crippen molar-refractivity contribution in [3.63, 3.8) is 0 Å². The van der Waals surface area contributed by atoms with Crippen molar-refractivity contribution in [2.24, 2.45) is 0 Å². The van der Waals surface area contributed by atoms with Crippen LogP contribution >= 0.6 is 15.9 Å². The topological polar surface area (TPSA) is 3.24 Å². The Morgan fingerprint density at radius 1 is 1.12 bits per heavy atom. The molecule has 16 heavy (non-hydrogen) atoms. The first-order chi connectivity index (χ1) is 7.50. The van der Waals surface area contributed by atoms with Crippen molar-refractivity contribution in [2.75, 3.05) is 18.0 Å². The molecule has 1 nitrogen and oxygen atoms in total. The zero-order chi connectivity index (χ0) is 12.1. The number of nitrogens with zero attached hydrogens (tertiary/aromatic N) is 1. The zero-order valence-corrected chi connectivity index (χ0v) is 11.5. The molecule has 0 saturated heterocycles. The summed E-state index contributed by atoms with van der Waals surface area (Å²) in [4.78, 5) is 2.27. The SMILES string of the molecule is C=C(C)CN(CC(=C)C)c1ccccc1Br. The van der Waals surface area contributed by atoms with Gasteiger partial charge in [0.1, 0.15) is 0 Å². The van der Waals surface area contributed by atoms with Crippen LogP contribution in [-0.4, -0.2) is 13.1 Å². The summed E-state index contributed by atoms with van der Waals surface area (Å²) in [5, 5.41) is 0. The summed E-state index contributed by atoms with van der Waals surface area (Å²) in [6.07, 6.45) is 0. The van der Waals surface area contributed by atoms with E-state index in [1.807, 2.05) is 26.0 Å². The van der Waals surface area contributed by atoms with Crippen LogP contribution in [-0.2, 0) is 0 Å². The molecule has 86 valence electrons. The largest absolute Gasteiger partial charge is 0.363 e. The van der Waals surface area contributed by atoms with Crippen molar-refractivity contribution < 1.29 is 0 Å². The Balaban J connectivity index is 2.96. The summed E-state index contributed by atoms with van der Waals surface area (Å²) in [5.41, 5.74) is 3.49. The molecule has 0 N–H and O–H groups in total. The summed E-state index contributed by atoms with van der Waals surface area (Å²) in [5.74, 6) is 0. The van der Waals surface area contributed by atoms with Gasteiger partial charge in [-0.15, -0.1) is 0 Å². The third-order valence-corrected chi connectivity index (χ3v) is 2.79. The van der Waals surface area contributed by atoms with Crippen molar-refractivity contribution in [3.05, 3.63) is 53.0 Å². The van der Waals surface area contributed by atoms with Crippen LogP contribution in [0.4, 0.5) is 5.69 Å². The molecule has 1 aromatic carbocycles. The molecular weight excluding hydrogens is 262 g/mol. The molecule has 0 unspecified atom stereocenters. The standard InChI is InChI=1S/C14H18BrN/c1-11(2)9-16(10-12(3)4)14-8-6-5-7-13(14)15/h5-8H,1,3,9-10H2,2,4H3. The first-order valence-corrected chi connectivity index (χ1v) is 6.08. The Labute approximate surface area is 107 Å². The van der Waals surface area contributed by atoms with E-state index in [2.05, 4.69) is 46.1 Å². The highest BCUT2D eigenvalue weighted by Gasteiger charge is 2.09. The molecule has 1 aromatic rings. The van der Waals surface area contributed by atoms with Crippen LogP contribution in [0.3, 0.4) is 0 Å². The fourth-order valence-electron chi connectivity index (χ4n) is 1.59. The van der Waals surface area contributed by atoms with Gasteiger partial charge in [0, 0.05) is 17.6 Å². The molecule has 0 atom stereocenters. The molecule has 0 bridgehead atoms. The Bertz CT molecular complexity index is 379. The van der Waals surface area contributed by atoms with E-state index in [9.17, 15) is 0 Å². The monoisotopic (exact) mass is 279 g/mol. The van der Waals surface area contributed by atoms with Gasteiger partial charge < -0.3 is 4.90 Å². The molecule has 0 radical (unpaired) electrons. The van der Waals surface area contributed by atoms with Crippen LogP contribution in [0.5, 0.6) is 0 Å². The van der Waals surface area contributed by atoms with Gasteiger partial charge in [0.05, 0.1) is 5.69 Å². The molecule has 0 aliphatic carbocycles. The normalized spacial score (nSPS) is 9.94. The van der Waals surface area contributed by atoms with E-state index in [0.717, 1.165) is 28.7 Å². The van der Waals surface area contributed by atoms with E-state index in [0.29, 0.717) is 0 Å². The number of hydrogen-bond acceptors (Lipinski definition) is 1. The second-order valence-electron chi connectivity index (χ2n) is 4.22. The fourth-order valence-corrected chi connectivity index (χ4v) is 2.12. The minimum atomic E-state index is 0.857. The van der Waals surface area contributed by atoms with Gasteiger partial charge in [0.25, 0.3) is 0 Å². The van der Waals surface area contributed by atoms with E-state index < -0.39 is 0 Å². The second-order valence-corrected chi connectivity index (χ2v) is 5.08. The molecule has 0 heterocycles. The summed E-state index contributed by atoms with van der Waals surface area (Å²) in [6, 6.07) is 8.23. The number of halogens is 1. The average molecular weight is 280 g/mol. The minimum Gasteiger partial charge on any atom is -0.363 e. The second kappa shape index (κ2) is 5.90. The van der Waals surface area contributed by atoms with Crippen molar-refractivity contribution in [3.8, 4) is 0 Å². The Morgan fingerprint density at radius 3 is 2.06 bits per heavy atom. The van der Waals surface area contributed by atoms with Gasteiger partial charge in [-0.05, 0) is 41.9 Å². The number of para-hydroxylation sites is 1. The lowest BCUT2D eigenvalue weighted by Gasteiger charge is -2.26. The predicted molar refractivity (Wildman–Crippen MR) is 76.0 cm³/mol. The van der Waals surface area contributed by atoms with Crippen LogP contribution in [0.15, 0.2) is 53.0 Å². The van der Waals surface area contributed by atoms with Crippen molar-refractivity contribution >= 4 is 21.6 Å². The molecule has 0 spiro atoms. The van der Waals surface area contributed by atoms with Gasteiger partial charge in [-0.1, -0.05) is 36.4 Å². The van der Waals surface area contributed by atoms with Gasteiger partial charge in [-0.2, -0.15) is 0 Å². The molecule has 0 aromatic heterocycles. The molecule has 1 rings (SSSR count). The maximum atomic E-state index is 3.97. The first-order valence-electron chi connectivity index (χ1n) is 5.29. The molecule has 0 amide bonds. The smallest absolute Gasteiger partial charge is 0.0516 e. The first kappa shape index (κ1) is 13.0. The van der Waals surface area contributed by atoms with E-state index in [-0.39, 0.29) is 0 Å². The molecule has 0 aliphatic rings. The number of hydrogen-bond donors (Lipinski definition) is 0. The van der Waals surface area contributed by atoms with Gasteiger partial charge >= 0.3 is 0 Å². The van der Waals surface area contributed by atoms with Crippen LogP contribution in [0.1, 0.15) is 13.8 Å². The van der Waals surface area contributed by atoms with E-state index >= 15 is 0 Å². The van der Waals surface area contributed by atoms with Gasteiger partial charge in [-0.3, -0.25) is 0 Å². The highest BCUT2D eigenvalue weighted by atomic mass is 79.9. The van der Waals surface area contributed by atoms with Gasteiger partial charge in [-0.25, -0.2) is 0 Å². The zero-order valence-electron chi connectivity index (χ0n) is 9.96. The minimum absolute atomic E-state index is 0.857. The fraction of sp³-hybridized carbons (Fsp3) is 0.286. The van der Waals surface area contributed by atoms with Crippen LogP contribution < -0.4 is 4.90 Å². The summed E-state index contributed by atoms with van der Waals surface area (Å²) in [7, 11) is 0. The Hall–Kier alpha value is -1.02. The predicted octanol–water partition coefficient (Wildman–Crippen LogP) is 4.41. The van der Waals surface area contributed by atoms with E-state index in [1.54, 1.807) is 0 Å². The van der Waals surface area contributed by atoms with Crippen molar-refractivity contribution in [2.45, 2.75) is 13.8 Å². The number of rotatable bonds is 5. The lowest BCUT2D eigenvalue weighted by molar-refractivity contribution is 0.892. The van der Waals surface area contributed by atoms with Crippen LogP contribution in [0, 0.1) is 0 Å². The van der Waals surface area contributed by atoms with Crippen LogP contribution in [0.2, 0.25) is 0 Å². The average Bonchev–Trinajstić information content (AvgIpc) is 2.15. The van der Waals surface area contributed by atoms with Crippen molar-refractivity contribution in [1.82, 2.24) is 0 Å². The molecule has 0 fully saturated rings. The van der Waals surface area contributed by atoms with Gasteiger partial charge in [0.2, 0.25) is 0 Å². The Morgan fingerprint density at radius 2 is 1.62 bits per heavy atom. The Kier molecular flexibility index (Phi) is 4.81. The van der Waals surface area contributed by atoms with Crippen LogP contribution in [0.25, 0.3) is 0 Å². The van der Waals surface area contributed by atoms with E-state index in [1.165, 1.54) is 5.69 Å². The molecule has 0 aliphatic heterocycles. The molecule has 2 heteroatoms.